The van der Waals surface area contributed by atoms with E-state index in [4.69, 9.17) is 0 Å². The molecule has 0 radical (unpaired) electrons. The molecule has 4 rings (SSSR count). The van der Waals surface area contributed by atoms with Gasteiger partial charge in [0.1, 0.15) is 12.1 Å². The van der Waals surface area contributed by atoms with Crippen LogP contribution in [-0.2, 0) is 0 Å². The third kappa shape index (κ3) is 2.63. The number of thiazole rings is 1. The Morgan fingerprint density at radius 3 is 2.75 bits per heavy atom. The molecule has 0 fully saturated rings. The minimum Gasteiger partial charge on any atom is -0.361 e. The maximum Gasteiger partial charge on any atom is 0.168 e. The molecular weight excluding hydrogens is 320 g/mol. The average molecular weight is 336 g/mol. The number of nitrogens with one attached hydrogen (secondary N) is 1. The number of benzene rings is 1. The lowest BCUT2D eigenvalue weighted by Crippen LogP contribution is -2.09. The van der Waals surface area contributed by atoms with Crippen LogP contribution in [0.3, 0.4) is 0 Å². The molecule has 0 saturated heterocycles. The first-order valence-corrected chi connectivity index (χ1v) is 8.53. The van der Waals surface area contributed by atoms with Crippen LogP contribution in [0.5, 0.6) is 0 Å². The highest BCUT2D eigenvalue weighted by Gasteiger charge is 2.14. The Morgan fingerprint density at radius 2 is 2.00 bits per heavy atom. The van der Waals surface area contributed by atoms with Gasteiger partial charge in [0.15, 0.2) is 5.65 Å². The predicted molar refractivity (Wildman–Crippen MR) is 95.5 cm³/mol. The minimum atomic E-state index is 0.0631. The van der Waals surface area contributed by atoms with Crippen LogP contribution in [-0.4, -0.2) is 24.7 Å². The first-order chi connectivity index (χ1) is 11.7. The lowest BCUT2D eigenvalue weighted by Gasteiger charge is -2.12. The van der Waals surface area contributed by atoms with Gasteiger partial charge in [0, 0.05) is 5.38 Å². The summed E-state index contributed by atoms with van der Waals surface area (Å²) in [7, 11) is 0. The number of hydrogen-bond acceptors (Lipinski definition) is 6. The van der Waals surface area contributed by atoms with Crippen molar-refractivity contribution in [3.05, 3.63) is 58.9 Å². The molecule has 1 N–H and O–H groups in total. The molecule has 120 valence electrons. The van der Waals surface area contributed by atoms with Crippen molar-refractivity contribution in [1.82, 2.24) is 24.7 Å². The highest BCUT2D eigenvalue weighted by atomic mass is 32.1. The first kappa shape index (κ1) is 14.8. The van der Waals surface area contributed by atoms with Gasteiger partial charge in [-0.3, -0.25) is 0 Å². The van der Waals surface area contributed by atoms with Gasteiger partial charge < -0.3 is 5.32 Å². The fraction of sp³-hybridized carbons (Fsp3) is 0.176. The maximum absolute atomic E-state index is 4.53. The Kier molecular flexibility index (Phi) is 3.70. The average Bonchev–Trinajstić information content (AvgIpc) is 3.22. The number of hydrogen-bond donors (Lipinski definition) is 1. The zero-order chi connectivity index (χ0) is 16.5. The highest BCUT2D eigenvalue weighted by Crippen LogP contribution is 2.25. The quantitative estimate of drug-likeness (QED) is 0.614. The van der Waals surface area contributed by atoms with Gasteiger partial charge in [-0.05, 0) is 26.0 Å². The van der Waals surface area contributed by atoms with Crippen molar-refractivity contribution in [2.75, 3.05) is 5.32 Å². The topological polar surface area (TPSA) is 68.5 Å². The molecule has 0 saturated carbocycles. The monoisotopic (exact) mass is 336 g/mol. The summed E-state index contributed by atoms with van der Waals surface area (Å²) >= 11 is 1.65. The largest absolute Gasteiger partial charge is 0.361 e. The van der Waals surface area contributed by atoms with Crippen molar-refractivity contribution in [3.8, 4) is 5.69 Å². The fourth-order valence-corrected chi connectivity index (χ4v) is 3.28. The Labute approximate surface area is 143 Å². The van der Waals surface area contributed by atoms with Gasteiger partial charge >= 0.3 is 0 Å². The van der Waals surface area contributed by atoms with E-state index in [0.717, 1.165) is 33.2 Å². The third-order valence-electron chi connectivity index (χ3n) is 3.80. The van der Waals surface area contributed by atoms with Crippen molar-refractivity contribution in [3.63, 3.8) is 0 Å². The van der Waals surface area contributed by atoms with Gasteiger partial charge in [-0.2, -0.15) is 5.10 Å². The minimum absolute atomic E-state index is 0.0631. The zero-order valence-corrected chi connectivity index (χ0v) is 14.2. The number of anilines is 1. The van der Waals surface area contributed by atoms with E-state index in [0.29, 0.717) is 0 Å². The lowest BCUT2D eigenvalue weighted by atomic mass is 10.2. The molecule has 1 atom stereocenters. The molecule has 4 aromatic rings. The molecule has 0 bridgehead atoms. The Morgan fingerprint density at radius 1 is 1.17 bits per heavy atom. The van der Waals surface area contributed by atoms with E-state index in [1.807, 2.05) is 41.9 Å². The van der Waals surface area contributed by atoms with Crippen molar-refractivity contribution in [1.29, 1.82) is 0 Å². The number of aromatic nitrogens is 5. The van der Waals surface area contributed by atoms with Crippen LogP contribution in [0.4, 0.5) is 5.82 Å². The lowest BCUT2D eigenvalue weighted by molar-refractivity contribution is 0.838. The second-order valence-corrected chi connectivity index (χ2v) is 6.57. The maximum atomic E-state index is 4.53. The van der Waals surface area contributed by atoms with Gasteiger partial charge in [-0.1, -0.05) is 18.2 Å². The summed E-state index contributed by atoms with van der Waals surface area (Å²) in [6, 6.07) is 10.0. The number of nitrogens with zero attached hydrogens (tertiary/aromatic N) is 5. The predicted octanol–water partition coefficient (Wildman–Crippen LogP) is 3.75. The van der Waals surface area contributed by atoms with Crippen LogP contribution in [0.25, 0.3) is 16.7 Å². The van der Waals surface area contributed by atoms with Crippen molar-refractivity contribution in [2.45, 2.75) is 19.9 Å². The summed E-state index contributed by atoms with van der Waals surface area (Å²) in [4.78, 5) is 13.3. The summed E-state index contributed by atoms with van der Waals surface area (Å²) in [5.74, 6) is 0.764. The SMILES string of the molecule is Cc1nc(C(C)Nc2ncnc3c2cnn3-c2ccccc2)cs1. The number of fused-ring (bicyclic) bond motifs is 1. The number of para-hydroxylation sites is 1. The van der Waals surface area contributed by atoms with Crippen LogP contribution in [0.1, 0.15) is 23.7 Å². The van der Waals surface area contributed by atoms with Crippen LogP contribution in [0.2, 0.25) is 0 Å². The van der Waals surface area contributed by atoms with Crippen molar-refractivity contribution >= 4 is 28.2 Å². The van der Waals surface area contributed by atoms with Gasteiger partial charge in [-0.25, -0.2) is 19.6 Å². The molecule has 3 heterocycles. The molecule has 1 aromatic carbocycles. The van der Waals surface area contributed by atoms with E-state index < -0.39 is 0 Å². The first-order valence-electron chi connectivity index (χ1n) is 7.65. The summed E-state index contributed by atoms with van der Waals surface area (Å²) in [5.41, 5.74) is 2.76. The van der Waals surface area contributed by atoms with Crippen LogP contribution < -0.4 is 5.32 Å². The standard InChI is InChI=1S/C17H16N6S/c1-11(15-9-24-12(2)22-15)21-16-14-8-20-23(17(14)19-10-18-16)13-6-4-3-5-7-13/h3-11H,1-2H3,(H,18,19,21). The van der Waals surface area contributed by atoms with Crippen LogP contribution >= 0.6 is 11.3 Å². The van der Waals surface area contributed by atoms with Crippen molar-refractivity contribution < 1.29 is 0 Å². The number of aryl methyl sites for hydroxylation is 1. The summed E-state index contributed by atoms with van der Waals surface area (Å²) in [6.45, 7) is 4.08. The Hall–Kier alpha value is -2.80. The third-order valence-corrected chi connectivity index (χ3v) is 4.59. The normalized spacial score (nSPS) is 12.4. The van der Waals surface area contributed by atoms with Gasteiger partial charge in [-0.15, -0.1) is 11.3 Å². The van der Waals surface area contributed by atoms with Gasteiger partial charge in [0.25, 0.3) is 0 Å². The molecule has 0 aliphatic heterocycles. The summed E-state index contributed by atoms with van der Waals surface area (Å²) in [5, 5.41) is 11.9. The van der Waals surface area contributed by atoms with E-state index in [2.05, 4.69) is 37.7 Å². The summed E-state index contributed by atoms with van der Waals surface area (Å²) < 4.78 is 1.82. The Balaban J connectivity index is 1.71. The molecule has 0 aliphatic carbocycles. The van der Waals surface area contributed by atoms with E-state index >= 15 is 0 Å². The van der Waals surface area contributed by atoms with Crippen molar-refractivity contribution in [2.24, 2.45) is 0 Å². The highest BCUT2D eigenvalue weighted by molar-refractivity contribution is 7.09. The molecule has 24 heavy (non-hydrogen) atoms. The van der Waals surface area contributed by atoms with E-state index in [9.17, 15) is 0 Å². The number of rotatable bonds is 4. The molecule has 0 aliphatic rings. The van der Waals surface area contributed by atoms with Gasteiger partial charge in [0.05, 0.1) is 34.0 Å². The summed E-state index contributed by atoms with van der Waals surface area (Å²) in [6.07, 6.45) is 3.36. The molecule has 1 unspecified atom stereocenters. The molecular formula is C17H16N6S. The molecule has 0 amide bonds. The van der Waals surface area contributed by atoms with Gasteiger partial charge in [0.2, 0.25) is 0 Å². The second-order valence-electron chi connectivity index (χ2n) is 5.51. The molecule has 7 heteroatoms. The van der Waals surface area contributed by atoms with E-state index in [-0.39, 0.29) is 6.04 Å². The zero-order valence-electron chi connectivity index (χ0n) is 13.3. The fourth-order valence-electron chi connectivity index (χ4n) is 2.58. The van der Waals surface area contributed by atoms with Crippen LogP contribution in [0, 0.1) is 6.92 Å². The van der Waals surface area contributed by atoms with E-state index in [1.165, 1.54) is 0 Å². The van der Waals surface area contributed by atoms with E-state index in [1.54, 1.807) is 23.9 Å². The molecule has 3 aromatic heterocycles. The second kappa shape index (κ2) is 6.01. The smallest absolute Gasteiger partial charge is 0.168 e. The van der Waals surface area contributed by atoms with Crippen LogP contribution in [0.15, 0.2) is 48.2 Å². The molecule has 6 nitrogen and oxygen atoms in total. The Bertz CT molecular complexity index is 975. The molecule has 0 spiro atoms.